The second-order valence-electron chi connectivity index (χ2n) is 16.7. The molecular formula is C44H63IN6O8. The first kappa shape index (κ1) is 46.9. The number of esters is 1. The summed E-state index contributed by atoms with van der Waals surface area (Å²) >= 11 is 2.28. The molecule has 0 radical (unpaired) electrons. The van der Waals surface area contributed by atoms with E-state index in [2.05, 4.69) is 42.8 Å². The Labute approximate surface area is 362 Å². The van der Waals surface area contributed by atoms with Crippen LogP contribution in [-0.4, -0.2) is 138 Å². The third-order valence-electron chi connectivity index (χ3n) is 11.8. The summed E-state index contributed by atoms with van der Waals surface area (Å²) in [4.78, 5) is 35.7. The molecule has 0 amide bonds. The number of nitrogens with zero attached hydrogens (tertiary/aromatic N) is 6. The summed E-state index contributed by atoms with van der Waals surface area (Å²) in [5, 5.41) is 44.2. The lowest BCUT2D eigenvalue weighted by molar-refractivity contribution is -0.304. The number of carbonyl (C=O) groups excluding carboxylic acids is 2. The third kappa shape index (κ3) is 12.2. The fourth-order valence-corrected chi connectivity index (χ4v) is 9.08. The fourth-order valence-electron chi connectivity index (χ4n) is 8.25. The van der Waals surface area contributed by atoms with Gasteiger partial charge in [-0.1, -0.05) is 84.5 Å². The van der Waals surface area contributed by atoms with Crippen LogP contribution in [-0.2, 0) is 30.3 Å². The van der Waals surface area contributed by atoms with Gasteiger partial charge in [-0.05, 0) is 84.9 Å². The van der Waals surface area contributed by atoms with Gasteiger partial charge in [-0.15, -0.1) is 5.10 Å². The van der Waals surface area contributed by atoms with E-state index >= 15 is 0 Å². The molecule has 14 nitrogen and oxygen atoms in total. The Balaban J connectivity index is 1.44. The Kier molecular flexibility index (Phi) is 17.1. The number of ether oxygens (including phenoxy) is 3. The number of hydrogen-bond acceptors (Lipinski definition) is 13. The van der Waals surface area contributed by atoms with Crippen LogP contribution in [0.4, 0.5) is 0 Å². The van der Waals surface area contributed by atoms with Gasteiger partial charge in [-0.3, -0.25) is 14.6 Å². The maximum atomic E-state index is 13.8. The van der Waals surface area contributed by atoms with Crippen LogP contribution in [0.15, 0.2) is 66.5 Å². The number of alkyl halides is 1. The van der Waals surface area contributed by atoms with E-state index in [1.165, 1.54) is 0 Å². The van der Waals surface area contributed by atoms with Crippen molar-refractivity contribution in [2.45, 2.75) is 116 Å². The summed E-state index contributed by atoms with van der Waals surface area (Å²) in [5.41, 5.74) is 3.34. The highest BCUT2D eigenvalue weighted by Gasteiger charge is 2.47. The lowest BCUT2D eigenvalue weighted by Gasteiger charge is -2.46. The van der Waals surface area contributed by atoms with E-state index in [0.717, 1.165) is 27.9 Å². The average molecular weight is 931 g/mol. The third-order valence-corrected chi connectivity index (χ3v) is 12.8. The van der Waals surface area contributed by atoms with Crippen molar-refractivity contribution in [2.75, 3.05) is 32.1 Å². The second kappa shape index (κ2) is 21.6. The van der Waals surface area contributed by atoms with Gasteiger partial charge in [-0.2, -0.15) is 0 Å². The zero-order valence-electron chi connectivity index (χ0n) is 35.6. The fraction of sp³-hybridized carbons (Fsp3) is 0.614. The van der Waals surface area contributed by atoms with E-state index in [-0.39, 0.29) is 24.0 Å². The molecule has 2 aliphatic rings. The quantitative estimate of drug-likeness (QED) is 0.135. The second-order valence-corrected chi connectivity index (χ2v) is 17.6. The molecule has 324 valence electrons. The van der Waals surface area contributed by atoms with Crippen molar-refractivity contribution < 1.29 is 39.1 Å². The number of cyclic esters (lactones) is 1. The molecule has 0 saturated carbocycles. The van der Waals surface area contributed by atoms with E-state index in [0.29, 0.717) is 36.8 Å². The molecule has 2 aromatic heterocycles. The van der Waals surface area contributed by atoms with Crippen LogP contribution in [0.3, 0.4) is 0 Å². The molecule has 1 saturated heterocycles. The standard InChI is InChI=1S/C44H63IN6O8/c1-9-38-32(22-45)18-26(2)14-15-36(52)27(3)19-31(16-17-50(8)24-33-25-51(48-47-33)34-20-30-12-10-11-13-35(30)46-23-34)43(28(4)37(53)21-39(54)58-38)59-44-42(56)40(49(6)7)41(55)29(5)57-44/h10-15,18,20,23,25,27-29,31-32,37-38,40-44,53,55-56H,9,16-17,19,21-22,24H2,1-8H3/b15-14+,26-18+/t27-,28+,29-,31+,32-,37-,38-,40+,41-,42-,43-,44+/m1/s1. The van der Waals surface area contributed by atoms with Gasteiger partial charge in [0.05, 0.1) is 66.2 Å². The molecule has 0 spiro atoms. The molecule has 1 aromatic carbocycles. The van der Waals surface area contributed by atoms with E-state index in [1.54, 1.807) is 42.9 Å². The number of hydrogen-bond donors (Lipinski definition) is 3. The van der Waals surface area contributed by atoms with Gasteiger partial charge < -0.3 is 39.3 Å². The van der Waals surface area contributed by atoms with Crippen molar-refractivity contribution in [3.05, 3.63) is 72.2 Å². The van der Waals surface area contributed by atoms with Crippen LogP contribution in [0.5, 0.6) is 0 Å². The van der Waals surface area contributed by atoms with Crippen molar-refractivity contribution in [1.29, 1.82) is 0 Å². The number of halogens is 1. The van der Waals surface area contributed by atoms with Crippen LogP contribution in [0, 0.1) is 23.7 Å². The summed E-state index contributed by atoms with van der Waals surface area (Å²) in [6.07, 6.45) is 3.97. The smallest absolute Gasteiger partial charge is 0.308 e. The van der Waals surface area contributed by atoms with Crippen LogP contribution >= 0.6 is 22.6 Å². The lowest BCUT2D eigenvalue weighted by atomic mass is 9.79. The monoisotopic (exact) mass is 930 g/mol. The first-order chi connectivity index (χ1) is 28.1. The zero-order chi connectivity index (χ0) is 43.0. The number of ketones is 1. The molecule has 5 rings (SSSR count). The number of aliphatic hydroxyl groups excluding tert-OH is 3. The number of rotatable bonds is 11. The summed E-state index contributed by atoms with van der Waals surface area (Å²) in [5.74, 6) is -2.06. The number of carbonyl (C=O) groups is 2. The molecule has 1 fully saturated rings. The van der Waals surface area contributed by atoms with Gasteiger partial charge in [0, 0.05) is 34.1 Å². The Bertz CT molecular complexity index is 1910. The van der Waals surface area contributed by atoms with Crippen LogP contribution < -0.4 is 0 Å². The average Bonchev–Trinajstić information content (AvgIpc) is 3.68. The Hall–Kier alpha value is -3.16. The van der Waals surface area contributed by atoms with Gasteiger partial charge in [0.1, 0.15) is 12.2 Å². The number of aromatic nitrogens is 4. The first-order valence-electron chi connectivity index (χ1n) is 20.7. The Morgan fingerprint density at radius 3 is 2.51 bits per heavy atom. The van der Waals surface area contributed by atoms with Crippen molar-refractivity contribution in [2.24, 2.45) is 23.7 Å². The molecule has 12 atom stereocenters. The molecule has 3 N–H and O–H groups in total. The first-order valence-corrected chi connectivity index (χ1v) is 22.2. The molecule has 2 aliphatic heterocycles. The SMILES string of the molecule is CC[C@H]1OC(=O)C[C@@H](O)[C@H](C)[C@@H](O[C@@H]2O[C@H](C)[C@@H](O)[C@H](N(C)C)[C@H]2O)[C@@H](CCN(C)Cc2cn(-c3cnc4ccccc4c3)nn2)C[C@@H](C)C(=O)/C=C/C(C)=C/[C@@H]1CI. The van der Waals surface area contributed by atoms with Crippen molar-refractivity contribution in [3.63, 3.8) is 0 Å². The van der Waals surface area contributed by atoms with E-state index in [4.69, 9.17) is 14.2 Å². The lowest BCUT2D eigenvalue weighted by Crippen LogP contribution is -2.63. The Morgan fingerprint density at radius 1 is 1.05 bits per heavy atom. The highest BCUT2D eigenvalue weighted by atomic mass is 127. The normalized spacial score (nSPS) is 33.2. The number of allylic oxidation sites excluding steroid dienone is 3. The van der Waals surface area contributed by atoms with E-state index in [1.807, 2.05) is 83.4 Å². The van der Waals surface area contributed by atoms with Crippen LogP contribution in [0.25, 0.3) is 16.6 Å². The number of aliphatic hydroxyl groups is 3. The highest BCUT2D eigenvalue weighted by Crippen LogP contribution is 2.35. The molecule has 0 aliphatic carbocycles. The number of pyridine rings is 1. The maximum absolute atomic E-state index is 13.8. The van der Waals surface area contributed by atoms with Gasteiger partial charge in [0.15, 0.2) is 12.1 Å². The minimum atomic E-state index is -1.23. The number of para-hydroxylation sites is 1. The zero-order valence-corrected chi connectivity index (χ0v) is 37.8. The number of fused-ring (bicyclic) bond motifs is 1. The van der Waals surface area contributed by atoms with E-state index in [9.17, 15) is 24.9 Å². The van der Waals surface area contributed by atoms with Gasteiger partial charge in [0.2, 0.25) is 0 Å². The summed E-state index contributed by atoms with van der Waals surface area (Å²) < 4.78 is 21.3. The highest BCUT2D eigenvalue weighted by molar-refractivity contribution is 14.1. The van der Waals surface area contributed by atoms with Crippen molar-refractivity contribution in [1.82, 2.24) is 29.8 Å². The molecule has 0 unspecified atom stereocenters. The summed E-state index contributed by atoms with van der Waals surface area (Å²) in [6.45, 7) is 10.4. The van der Waals surface area contributed by atoms with E-state index < -0.39 is 66.8 Å². The summed E-state index contributed by atoms with van der Waals surface area (Å²) in [7, 11) is 5.53. The largest absolute Gasteiger partial charge is 0.462 e. The van der Waals surface area contributed by atoms with Gasteiger partial charge in [0.25, 0.3) is 0 Å². The number of benzene rings is 1. The predicted octanol–water partition coefficient (Wildman–Crippen LogP) is 4.91. The minimum absolute atomic E-state index is 0.0437. The van der Waals surface area contributed by atoms with Crippen molar-refractivity contribution in [3.8, 4) is 5.69 Å². The van der Waals surface area contributed by atoms with Crippen molar-refractivity contribution >= 4 is 45.2 Å². The van der Waals surface area contributed by atoms with Gasteiger partial charge in [-0.25, -0.2) is 4.68 Å². The predicted molar refractivity (Wildman–Crippen MR) is 234 cm³/mol. The summed E-state index contributed by atoms with van der Waals surface area (Å²) in [6, 6.07) is 9.22. The van der Waals surface area contributed by atoms with Gasteiger partial charge >= 0.3 is 5.97 Å². The minimum Gasteiger partial charge on any atom is -0.462 e. The molecule has 15 heteroatoms. The molecule has 0 bridgehead atoms. The maximum Gasteiger partial charge on any atom is 0.308 e. The molecule has 4 heterocycles. The molecule has 3 aromatic rings. The Morgan fingerprint density at radius 2 is 1.80 bits per heavy atom. The molecular weight excluding hydrogens is 867 g/mol. The topological polar surface area (TPSA) is 173 Å². The molecule has 59 heavy (non-hydrogen) atoms. The number of likely N-dealkylation sites (N-methyl/N-ethyl adjacent to an activating group) is 1. The van der Waals surface area contributed by atoms with Crippen LogP contribution in [0.2, 0.25) is 0 Å². The van der Waals surface area contributed by atoms with Crippen LogP contribution in [0.1, 0.15) is 66.0 Å².